The first-order valence-corrected chi connectivity index (χ1v) is 8.00. The number of hydrogen-bond donors (Lipinski definition) is 2. The zero-order valence-electron chi connectivity index (χ0n) is 13.2. The highest BCUT2D eigenvalue weighted by Gasteiger charge is 2.26. The number of amides is 1. The fourth-order valence-electron chi connectivity index (χ4n) is 2.99. The summed E-state index contributed by atoms with van der Waals surface area (Å²) in [5.41, 5.74) is 0. The summed E-state index contributed by atoms with van der Waals surface area (Å²) < 4.78 is 5.34. The van der Waals surface area contributed by atoms with E-state index in [1.807, 2.05) is 6.92 Å². The second kappa shape index (κ2) is 9.35. The lowest BCUT2D eigenvalue weighted by molar-refractivity contribution is -0.127. The molecule has 0 radical (unpaired) electrons. The SMILES string of the molecule is CC(C)CC(CCO)CNC(=O)C(C)C1CCOCC1. The van der Waals surface area contributed by atoms with Crippen molar-refractivity contribution in [2.45, 2.75) is 46.5 Å². The Hall–Kier alpha value is -0.610. The summed E-state index contributed by atoms with van der Waals surface area (Å²) in [6.07, 6.45) is 3.79. The van der Waals surface area contributed by atoms with Gasteiger partial charge in [-0.3, -0.25) is 4.79 Å². The normalized spacial score (nSPS) is 19.9. The molecule has 20 heavy (non-hydrogen) atoms. The summed E-state index contributed by atoms with van der Waals surface area (Å²) >= 11 is 0. The molecule has 2 N–H and O–H groups in total. The van der Waals surface area contributed by atoms with Crippen LogP contribution in [0.1, 0.15) is 46.5 Å². The molecular formula is C16H31NO3. The number of rotatable bonds is 8. The largest absolute Gasteiger partial charge is 0.396 e. The summed E-state index contributed by atoms with van der Waals surface area (Å²) in [6.45, 7) is 8.82. The fourth-order valence-corrected chi connectivity index (χ4v) is 2.99. The molecule has 1 rings (SSSR count). The number of aliphatic hydroxyl groups excluding tert-OH is 1. The zero-order valence-corrected chi connectivity index (χ0v) is 13.2. The molecule has 0 aromatic carbocycles. The maximum Gasteiger partial charge on any atom is 0.223 e. The van der Waals surface area contributed by atoms with Crippen LogP contribution in [-0.4, -0.2) is 37.4 Å². The molecule has 0 bridgehead atoms. The first-order chi connectivity index (χ1) is 9.54. The predicted octanol–water partition coefficient (Wildman–Crippen LogP) is 2.21. The Kier molecular flexibility index (Phi) is 8.15. The van der Waals surface area contributed by atoms with Crippen LogP contribution in [0.4, 0.5) is 0 Å². The Labute approximate surface area is 123 Å². The molecule has 1 saturated heterocycles. The predicted molar refractivity (Wildman–Crippen MR) is 80.4 cm³/mol. The van der Waals surface area contributed by atoms with Gasteiger partial charge in [-0.1, -0.05) is 20.8 Å². The smallest absolute Gasteiger partial charge is 0.223 e. The molecule has 2 unspecified atom stereocenters. The van der Waals surface area contributed by atoms with E-state index in [2.05, 4.69) is 19.2 Å². The van der Waals surface area contributed by atoms with Gasteiger partial charge in [0.05, 0.1) is 0 Å². The van der Waals surface area contributed by atoms with Crippen LogP contribution >= 0.6 is 0 Å². The summed E-state index contributed by atoms with van der Waals surface area (Å²) in [7, 11) is 0. The lowest BCUT2D eigenvalue weighted by atomic mass is 9.86. The monoisotopic (exact) mass is 285 g/mol. The van der Waals surface area contributed by atoms with Crippen LogP contribution in [0, 0.1) is 23.7 Å². The molecule has 0 saturated carbocycles. The van der Waals surface area contributed by atoms with Crippen LogP contribution < -0.4 is 5.32 Å². The highest BCUT2D eigenvalue weighted by atomic mass is 16.5. The van der Waals surface area contributed by atoms with Gasteiger partial charge in [-0.25, -0.2) is 0 Å². The maximum atomic E-state index is 12.2. The Morgan fingerprint density at radius 1 is 1.30 bits per heavy atom. The Morgan fingerprint density at radius 3 is 2.50 bits per heavy atom. The van der Waals surface area contributed by atoms with Gasteiger partial charge in [-0.05, 0) is 43.4 Å². The van der Waals surface area contributed by atoms with Crippen LogP contribution in [0.25, 0.3) is 0 Å². The minimum absolute atomic E-state index is 0.0627. The molecule has 4 nitrogen and oxygen atoms in total. The van der Waals surface area contributed by atoms with E-state index in [1.165, 1.54) is 0 Å². The molecule has 4 heteroatoms. The van der Waals surface area contributed by atoms with E-state index < -0.39 is 0 Å². The van der Waals surface area contributed by atoms with Crippen molar-refractivity contribution in [2.75, 3.05) is 26.4 Å². The van der Waals surface area contributed by atoms with Crippen LogP contribution in [0.15, 0.2) is 0 Å². The van der Waals surface area contributed by atoms with Gasteiger partial charge in [0, 0.05) is 32.3 Å². The molecule has 2 atom stereocenters. The van der Waals surface area contributed by atoms with Gasteiger partial charge in [-0.2, -0.15) is 0 Å². The van der Waals surface area contributed by atoms with Crippen molar-refractivity contribution in [1.82, 2.24) is 5.32 Å². The number of carbonyl (C=O) groups excluding carboxylic acids is 1. The van der Waals surface area contributed by atoms with Crippen molar-refractivity contribution in [3.63, 3.8) is 0 Å². The standard InChI is InChI=1S/C16H31NO3/c1-12(2)10-14(4-7-18)11-17-16(19)13(3)15-5-8-20-9-6-15/h12-15,18H,4-11H2,1-3H3,(H,17,19). The second-order valence-electron chi connectivity index (χ2n) is 6.49. The molecule has 1 heterocycles. The highest BCUT2D eigenvalue weighted by molar-refractivity contribution is 5.78. The third-order valence-corrected chi connectivity index (χ3v) is 4.29. The summed E-state index contributed by atoms with van der Waals surface area (Å²) in [4.78, 5) is 12.2. The Morgan fingerprint density at radius 2 is 1.95 bits per heavy atom. The Balaban J connectivity index is 2.35. The lowest BCUT2D eigenvalue weighted by Gasteiger charge is -2.27. The average molecular weight is 285 g/mol. The van der Waals surface area contributed by atoms with Crippen molar-refractivity contribution >= 4 is 5.91 Å². The Bertz CT molecular complexity index is 275. The molecule has 1 fully saturated rings. The highest BCUT2D eigenvalue weighted by Crippen LogP contribution is 2.24. The van der Waals surface area contributed by atoms with Crippen molar-refractivity contribution < 1.29 is 14.6 Å². The quantitative estimate of drug-likeness (QED) is 0.719. The first-order valence-electron chi connectivity index (χ1n) is 8.00. The number of aliphatic hydroxyl groups is 1. The second-order valence-corrected chi connectivity index (χ2v) is 6.49. The molecule has 0 aromatic rings. The van der Waals surface area contributed by atoms with Gasteiger partial charge in [0.2, 0.25) is 5.91 Å². The van der Waals surface area contributed by atoms with Crippen LogP contribution in [0.5, 0.6) is 0 Å². The van der Waals surface area contributed by atoms with Crippen molar-refractivity contribution in [1.29, 1.82) is 0 Å². The average Bonchev–Trinajstić information content (AvgIpc) is 2.44. The van der Waals surface area contributed by atoms with Crippen molar-refractivity contribution in [3.05, 3.63) is 0 Å². The summed E-state index contributed by atoms with van der Waals surface area (Å²) in [6, 6.07) is 0. The zero-order chi connectivity index (χ0) is 15.0. The van der Waals surface area contributed by atoms with E-state index in [-0.39, 0.29) is 18.4 Å². The minimum atomic E-state index is 0.0627. The molecule has 1 aliphatic heterocycles. The van der Waals surface area contributed by atoms with Gasteiger partial charge < -0.3 is 15.2 Å². The summed E-state index contributed by atoms with van der Waals surface area (Å²) in [5.74, 6) is 1.64. The van der Waals surface area contributed by atoms with Crippen LogP contribution in [0.3, 0.4) is 0 Å². The first kappa shape index (κ1) is 17.4. The number of nitrogens with one attached hydrogen (secondary N) is 1. The molecule has 1 amide bonds. The molecule has 1 aliphatic rings. The summed E-state index contributed by atoms with van der Waals surface area (Å²) in [5, 5.41) is 12.2. The van der Waals surface area contributed by atoms with Gasteiger partial charge >= 0.3 is 0 Å². The molecule has 0 spiro atoms. The molecule has 0 aliphatic carbocycles. The van der Waals surface area contributed by atoms with E-state index in [0.717, 1.165) is 38.9 Å². The van der Waals surface area contributed by atoms with Gasteiger partial charge in [0.15, 0.2) is 0 Å². The van der Waals surface area contributed by atoms with E-state index in [4.69, 9.17) is 9.84 Å². The van der Waals surface area contributed by atoms with E-state index in [9.17, 15) is 4.79 Å². The molecule has 118 valence electrons. The van der Waals surface area contributed by atoms with E-state index in [0.29, 0.717) is 24.3 Å². The van der Waals surface area contributed by atoms with Crippen molar-refractivity contribution in [2.24, 2.45) is 23.7 Å². The topological polar surface area (TPSA) is 58.6 Å². The lowest BCUT2D eigenvalue weighted by Crippen LogP contribution is -2.38. The van der Waals surface area contributed by atoms with Gasteiger partial charge in [0.25, 0.3) is 0 Å². The van der Waals surface area contributed by atoms with Crippen LogP contribution in [-0.2, 0) is 9.53 Å². The maximum absolute atomic E-state index is 12.2. The van der Waals surface area contributed by atoms with Gasteiger partial charge in [0.1, 0.15) is 0 Å². The van der Waals surface area contributed by atoms with E-state index >= 15 is 0 Å². The number of carbonyl (C=O) groups is 1. The fraction of sp³-hybridized carbons (Fsp3) is 0.938. The molecular weight excluding hydrogens is 254 g/mol. The third-order valence-electron chi connectivity index (χ3n) is 4.29. The van der Waals surface area contributed by atoms with Crippen LogP contribution in [0.2, 0.25) is 0 Å². The molecule has 0 aromatic heterocycles. The number of hydrogen-bond acceptors (Lipinski definition) is 3. The minimum Gasteiger partial charge on any atom is -0.396 e. The number of ether oxygens (including phenoxy) is 1. The van der Waals surface area contributed by atoms with Gasteiger partial charge in [-0.15, -0.1) is 0 Å². The van der Waals surface area contributed by atoms with E-state index in [1.54, 1.807) is 0 Å². The van der Waals surface area contributed by atoms with Crippen molar-refractivity contribution in [3.8, 4) is 0 Å². The third kappa shape index (κ3) is 6.23.